The fourth-order valence-electron chi connectivity index (χ4n) is 5.91. The molecule has 3 fully saturated rings. The Labute approximate surface area is 235 Å². The highest BCUT2D eigenvalue weighted by molar-refractivity contribution is 6.30. The van der Waals surface area contributed by atoms with E-state index in [2.05, 4.69) is 27.2 Å². The molecule has 3 aliphatic heterocycles. The Morgan fingerprint density at radius 3 is 2.15 bits per heavy atom. The Morgan fingerprint density at radius 1 is 0.846 bits per heavy atom. The van der Waals surface area contributed by atoms with E-state index in [-0.39, 0.29) is 30.3 Å². The molecule has 8 nitrogen and oxygen atoms in total. The number of piperidine rings is 2. The molecule has 0 atom stereocenters. The van der Waals surface area contributed by atoms with Crippen LogP contribution in [0.3, 0.4) is 0 Å². The Hall–Kier alpha value is -2.97. The summed E-state index contributed by atoms with van der Waals surface area (Å²) in [5.74, 6) is 0.521. The molecule has 0 saturated carbocycles. The molecule has 3 aliphatic rings. The van der Waals surface area contributed by atoms with Gasteiger partial charge in [0.1, 0.15) is 0 Å². The van der Waals surface area contributed by atoms with Gasteiger partial charge in [-0.2, -0.15) is 0 Å². The maximum absolute atomic E-state index is 13.4. The van der Waals surface area contributed by atoms with Crippen molar-refractivity contribution >= 4 is 29.1 Å². The smallest absolute Gasteiger partial charge is 0.263 e. The van der Waals surface area contributed by atoms with Gasteiger partial charge in [0.25, 0.3) is 5.91 Å². The van der Waals surface area contributed by atoms with Gasteiger partial charge in [-0.05, 0) is 87.0 Å². The summed E-state index contributed by atoms with van der Waals surface area (Å²) < 4.78 is 0. The molecule has 1 aromatic heterocycles. The van der Waals surface area contributed by atoms with Gasteiger partial charge in [-0.25, -0.2) is 0 Å². The molecule has 39 heavy (non-hydrogen) atoms. The van der Waals surface area contributed by atoms with Crippen LogP contribution in [-0.4, -0.2) is 83.1 Å². The maximum atomic E-state index is 13.4. The van der Waals surface area contributed by atoms with Crippen molar-refractivity contribution < 1.29 is 14.4 Å². The van der Waals surface area contributed by atoms with Crippen molar-refractivity contribution in [3.05, 3.63) is 64.9 Å². The highest BCUT2D eigenvalue weighted by Crippen LogP contribution is 2.27. The van der Waals surface area contributed by atoms with Crippen LogP contribution in [0.4, 0.5) is 0 Å². The Bertz CT molecular complexity index is 1120. The average Bonchev–Trinajstić information content (AvgIpc) is 3.52. The lowest BCUT2D eigenvalue weighted by molar-refractivity contribution is -0.138. The maximum Gasteiger partial charge on any atom is 0.263 e. The molecule has 0 radical (unpaired) electrons. The SMILES string of the molecule is O=C(CON=C(c1ccc(Cl)cc1)C1CCN(C(=O)C2CCN(Cc3ccncc3)CC2)CC1)N1CCCC1. The second kappa shape index (κ2) is 13.4. The summed E-state index contributed by atoms with van der Waals surface area (Å²) in [5.41, 5.74) is 3.04. The predicted octanol–water partition coefficient (Wildman–Crippen LogP) is 4.23. The average molecular weight is 552 g/mol. The summed E-state index contributed by atoms with van der Waals surface area (Å²) in [6.45, 7) is 5.76. The van der Waals surface area contributed by atoms with E-state index in [0.29, 0.717) is 18.1 Å². The fourth-order valence-corrected chi connectivity index (χ4v) is 6.04. The van der Waals surface area contributed by atoms with Crippen LogP contribution in [0.1, 0.15) is 49.7 Å². The number of likely N-dealkylation sites (tertiary alicyclic amines) is 3. The fraction of sp³-hybridized carbons (Fsp3) is 0.533. The topological polar surface area (TPSA) is 78.3 Å². The predicted molar refractivity (Wildman–Crippen MR) is 151 cm³/mol. The van der Waals surface area contributed by atoms with Crippen LogP contribution < -0.4 is 0 Å². The van der Waals surface area contributed by atoms with Crippen molar-refractivity contribution in [2.45, 2.75) is 45.1 Å². The van der Waals surface area contributed by atoms with Crippen LogP contribution in [0, 0.1) is 11.8 Å². The van der Waals surface area contributed by atoms with Crippen molar-refractivity contribution in [2.75, 3.05) is 45.9 Å². The number of rotatable bonds is 8. The molecular formula is C30H38ClN5O3. The van der Waals surface area contributed by atoms with Gasteiger partial charge in [-0.3, -0.25) is 19.5 Å². The number of hydrogen-bond acceptors (Lipinski definition) is 6. The largest absolute Gasteiger partial charge is 0.385 e. The van der Waals surface area contributed by atoms with Crippen molar-refractivity contribution in [1.29, 1.82) is 0 Å². The van der Waals surface area contributed by atoms with Gasteiger partial charge in [0.15, 0.2) is 6.61 Å². The second-order valence-corrected chi connectivity index (χ2v) is 11.3. The number of aromatic nitrogens is 1. The van der Waals surface area contributed by atoms with Gasteiger partial charge >= 0.3 is 0 Å². The highest BCUT2D eigenvalue weighted by atomic mass is 35.5. The van der Waals surface area contributed by atoms with Gasteiger partial charge < -0.3 is 14.6 Å². The summed E-state index contributed by atoms with van der Waals surface area (Å²) in [7, 11) is 0. The van der Waals surface area contributed by atoms with Gasteiger partial charge in [0, 0.05) is 62.0 Å². The van der Waals surface area contributed by atoms with E-state index in [1.54, 1.807) is 0 Å². The van der Waals surface area contributed by atoms with E-state index in [0.717, 1.165) is 82.5 Å². The molecule has 2 aromatic rings. The number of hydrogen-bond donors (Lipinski definition) is 0. The minimum atomic E-state index is -0.0473. The zero-order chi connectivity index (χ0) is 27.0. The first kappa shape index (κ1) is 27.6. The summed E-state index contributed by atoms with van der Waals surface area (Å²) in [4.78, 5) is 41.8. The molecule has 0 N–H and O–H groups in total. The first-order valence-electron chi connectivity index (χ1n) is 14.2. The lowest BCUT2D eigenvalue weighted by Crippen LogP contribution is -2.46. The third kappa shape index (κ3) is 7.37. The number of halogens is 1. The normalized spacial score (nSPS) is 19.9. The van der Waals surface area contributed by atoms with Crippen LogP contribution in [0.5, 0.6) is 0 Å². The Balaban J connectivity index is 1.14. The zero-order valence-corrected chi connectivity index (χ0v) is 23.3. The lowest BCUT2D eigenvalue weighted by Gasteiger charge is -2.37. The molecule has 3 saturated heterocycles. The van der Waals surface area contributed by atoms with E-state index in [1.807, 2.05) is 46.5 Å². The van der Waals surface area contributed by atoms with Gasteiger partial charge in [-0.1, -0.05) is 28.9 Å². The number of nitrogens with zero attached hydrogens (tertiary/aromatic N) is 5. The molecule has 0 unspecified atom stereocenters. The summed E-state index contributed by atoms with van der Waals surface area (Å²) in [5, 5.41) is 5.14. The van der Waals surface area contributed by atoms with E-state index in [1.165, 1.54) is 5.56 Å². The Kier molecular flexibility index (Phi) is 9.48. The van der Waals surface area contributed by atoms with E-state index in [9.17, 15) is 9.59 Å². The lowest BCUT2D eigenvalue weighted by atomic mass is 9.87. The van der Waals surface area contributed by atoms with Crippen LogP contribution in [-0.2, 0) is 21.0 Å². The van der Waals surface area contributed by atoms with E-state index < -0.39 is 0 Å². The molecule has 0 aliphatic carbocycles. The number of amides is 2. The first-order chi connectivity index (χ1) is 19.1. The molecule has 9 heteroatoms. The summed E-state index contributed by atoms with van der Waals surface area (Å²) in [6, 6.07) is 11.7. The number of carbonyl (C=O) groups excluding carboxylic acids is 2. The summed E-state index contributed by atoms with van der Waals surface area (Å²) in [6.07, 6.45) is 9.20. The minimum Gasteiger partial charge on any atom is -0.385 e. The van der Waals surface area contributed by atoms with Crippen molar-refractivity contribution in [3.8, 4) is 0 Å². The minimum absolute atomic E-state index is 0.0149. The third-order valence-electron chi connectivity index (χ3n) is 8.24. The molecule has 208 valence electrons. The zero-order valence-electron chi connectivity index (χ0n) is 22.5. The van der Waals surface area contributed by atoms with Crippen LogP contribution in [0.2, 0.25) is 5.02 Å². The first-order valence-corrected chi connectivity index (χ1v) is 14.6. The number of benzene rings is 1. The number of oxime groups is 1. The molecular weight excluding hydrogens is 514 g/mol. The molecule has 5 rings (SSSR count). The number of pyridine rings is 1. The standard InChI is InChI=1S/C30H38ClN5O3/c31-27-5-3-24(4-6-27)29(33-39-22-28(37)35-15-1-2-16-35)25-11-19-36(20-12-25)30(38)26-9-17-34(18-10-26)21-23-7-13-32-14-8-23/h3-8,13-14,25-26H,1-2,9-12,15-22H2. The Morgan fingerprint density at radius 2 is 1.49 bits per heavy atom. The van der Waals surface area contributed by atoms with Crippen LogP contribution in [0.15, 0.2) is 53.9 Å². The highest BCUT2D eigenvalue weighted by Gasteiger charge is 2.32. The quantitative estimate of drug-likeness (QED) is 0.362. The van der Waals surface area contributed by atoms with Crippen LogP contribution in [0.25, 0.3) is 0 Å². The van der Waals surface area contributed by atoms with Gasteiger partial charge in [0.05, 0.1) is 5.71 Å². The third-order valence-corrected chi connectivity index (χ3v) is 8.49. The van der Waals surface area contributed by atoms with Gasteiger partial charge in [0.2, 0.25) is 5.91 Å². The second-order valence-electron chi connectivity index (χ2n) is 10.9. The van der Waals surface area contributed by atoms with Crippen molar-refractivity contribution in [1.82, 2.24) is 19.7 Å². The van der Waals surface area contributed by atoms with Crippen molar-refractivity contribution in [3.63, 3.8) is 0 Å². The van der Waals surface area contributed by atoms with Crippen molar-refractivity contribution in [2.24, 2.45) is 17.0 Å². The molecule has 2 amide bonds. The summed E-state index contributed by atoms with van der Waals surface area (Å²) >= 11 is 6.13. The van der Waals surface area contributed by atoms with E-state index >= 15 is 0 Å². The van der Waals surface area contributed by atoms with E-state index in [4.69, 9.17) is 16.4 Å². The van der Waals surface area contributed by atoms with Crippen LogP contribution >= 0.6 is 11.6 Å². The number of carbonyl (C=O) groups is 2. The molecule has 0 bridgehead atoms. The molecule has 1 aromatic carbocycles. The molecule has 0 spiro atoms. The molecule has 4 heterocycles. The van der Waals surface area contributed by atoms with Gasteiger partial charge in [-0.15, -0.1) is 0 Å². The monoisotopic (exact) mass is 551 g/mol.